The van der Waals surface area contributed by atoms with Crippen LogP contribution in [0.2, 0.25) is 0 Å². The van der Waals surface area contributed by atoms with Crippen LogP contribution < -0.4 is 11.1 Å². The topological polar surface area (TPSA) is 97.3 Å². The van der Waals surface area contributed by atoms with Crippen LogP contribution in [0.4, 0.5) is 17.3 Å². The molecule has 0 aromatic carbocycles. The van der Waals surface area contributed by atoms with Crippen LogP contribution in [0.1, 0.15) is 19.3 Å². The highest BCUT2D eigenvalue weighted by Crippen LogP contribution is 2.21. The quantitative estimate of drug-likeness (QED) is 0.632. The van der Waals surface area contributed by atoms with Gasteiger partial charge in [0, 0.05) is 18.7 Å². The van der Waals surface area contributed by atoms with Crippen molar-refractivity contribution in [2.75, 3.05) is 31.2 Å². The first-order valence-corrected chi connectivity index (χ1v) is 6.43. The molecule has 0 bridgehead atoms. The van der Waals surface area contributed by atoms with Crippen LogP contribution in [-0.2, 0) is 0 Å². The Kier molecular flexibility index (Phi) is 4.16. The van der Waals surface area contributed by atoms with Crippen molar-refractivity contribution in [2.24, 2.45) is 0 Å². The maximum atomic E-state index is 10.6. The summed E-state index contributed by atoms with van der Waals surface area (Å²) in [5, 5.41) is 13.8. The maximum Gasteiger partial charge on any atom is 0.311 e. The molecule has 19 heavy (non-hydrogen) atoms. The molecule has 1 saturated heterocycles. The number of pyridine rings is 1. The summed E-state index contributed by atoms with van der Waals surface area (Å²) in [5.41, 5.74) is 5.40. The Morgan fingerprint density at radius 2 is 2.37 bits per heavy atom. The third-order valence-corrected chi connectivity index (χ3v) is 3.54. The van der Waals surface area contributed by atoms with Crippen LogP contribution in [0.25, 0.3) is 0 Å². The minimum absolute atomic E-state index is 0.0491. The van der Waals surface area contributed by atoms with Gasteiger partial charge in [-0.2, -0.15) is 0 Å². The number of nitro groups is 1. The Bertz CT molecular complexity index is 465. The highest BCUT2D eigenvalue weighted by Gasteiger charge is 2.19. The number of nitrogens with two attached hydrogens (primary N) is 1. The lowest BCUT2D eigenvalue weighted by atomic mass is 10.0. The second-order valence-corrected chi connectivity index (χ2v) is 4.87. The van der Waals surface area contributed by atoms with Gasteiger partial charge in [-0.15, -0.1) is 0 Å². The Hall–Kier alpha value is -1.89. The van der Waals surface area contributed by atoms with E-state index in [-0.39, 0.29) is 11.5 Å². The first-order chi connectivity index (χ1) is 9.08. The van der Waals surface area contributed by atoms with Crippen molar-refractivity contribution < 1.29 is 4.92 Å². The standard InChI is InChI=1S/C12H19N5O2/c1-16-7-3-2-4-9(16)8-14-11-6-5-10(17(18)19)12(13)15-11/h5-6,9H,2-4,7-8H2,1H3,(H3,13,14,15). The highest BCUT2D eigenvalue weighted by molar-refractivity contribution is 5.57. The third-order valence-electron chi connectivity index (χ3n) is 3.54. The molecular weight excluding hydrogens is 246 g/mol. The van der Waals surface area contributed by atoms with Crippen molar-refractivity contribution in [1.82, 2.24) is 9.88 Å². The number of likely N-dealkylation sites (N-methyl/N-ethyl adjacent to an activating group) is 1. The number of hydrogen-bond acceptors (Lipinski definition) is 6. The van der Waals surface area contributed by atoms with E-state index in [2.05, 4.69) is 22.2 Å². The fourth-order valence-electron chi connectivity index (χ4n) is 2.34. The van der Waals surface area contributed by atoms with Gasteiger partial charge in [-0.3, -0.25) is 10.1 Å². The number of likely N-dealkylation sites (tertiary alicyclic amines) is 1. The third kappa shape index (κ3) is 3.31. The van der Waals surface area contributed by atoms with Gasteiger partial charge in [0.15, 0.2) is 0 Å². The van der Waals surface area contributed by atoms with E-state index in [0.29, 0.717) is 11.9 Å². The summed E-state index contributed by atoms with van der Waals surface area (Å²) in [6.07, 6.45) is 3.65. The van der Waals surface area contributed by atoms with Gasteiger partial charge in [0.05, 0.1) is 4.92 Å². The average Bonchev–Trinajstić information content (AvgIpc) is 2.37. The molecule has 0 saturated carbocycles. The van der Waals surface area contributed by atoms with Crippen LogP contribution in [0.15, 0.2) is 12.1 Å². The summed E-state index contributed by atoms with van der Waals surface area (Å²) in [6, 6.07) is 3.46. The van der Waals surface area contributed by atoms with Gasteiger partial charge in [0.2, 0.25) is 5.82 Å². The van der Waals surface area contributed by atoms with Gasteiger partial charge >= 0.3 is 5.69 Å². The lowest BCUT2D eigenvalue weighted by molar-refractivity contribution is -0.384. The first kappa shape index (κ1) is 13.5. The van der Waals surface area contributed by atoms with Gasteiger partial charge in [0.1, 0.15) is 5.82 Å². The minimum Gasteiger partial charge on any atom is -0.378 e. The molecule has 1 aliphatic rings. The van der Waals surface area contributed by atoms with E-state index in [1.165, 1.54) is 18.9 Å². The monoisotopic (exact) mass is 265 g/mol. The minimum atomic E-state index is -0.527. The van der Waals surface area contributed by atoms with E-state index in [9.17, 15) is 10.1 Å². The zero-order valence-corrected chi connectivity index (χ0v) is 11.0. The summed E-state index contributed by atoms with van der Waals surface area (Å²) in [5.74, 6) is 0.536. The Morgan fingerprint density at radius 1 is 1.58 bits per heavy atom. The Labute approximate surface area is 112 Å². The van der Waals surface area contributed by atoms with E-state index in [4.69, 9.17) is 5.73 Å². The molecule has 1 unspecified atom stereocenters. The fraction of sp³-hybridized carbons (Fsp3) is 0.583. The molecule has 3 N–H and O–H groups in total. The van der Waals surface area contributed by atoms with Gasteiger partial charge in [-0.05, 0) is 32.5 Å². The number of hydrogen-bond donors (Lipinski definition) is 2. The lowest BCUT2D eigenvalue weighted by Gasteiger charge is -2.32. The molecule has 0 amide bonds. The largest absolute Gasteiger partial charge is 0.378 e. The van der Waals surface area contributed by atoms with Crippen LogP contribution in [0.5, 0.6) is 0 Å². The van der Waals surface area contributed by atoms with E-state index in [1.807, 2.05) is 0 Å². The van der Waals surface area contributed by atoms with Crippen LogP contribution in [-0.4, -0.2) is 41.0 Å². The second-order valence-electron chi connectivity index (χ2n) is 4.87. The number of nitrogens with zero attached hydrogens (tertiary/aromatic N) is 3. The van der Waals surface area contributed by atoms with Crippen molar-refractivity contribution in [2.45, 2.75) is 25.3 Å². The number of aromatic nitrogens is 1. The molecular formula is C12H19N5O2. The molecule has 104 valence electrons. The molecule has 2 heterocycles. The molecule has 0 radical (unpaired) electrons. The van der Waals surface area contributed by atoms with Gasteiger partial charge in [-0.25, -0.2) is 4.98 Å². The van der Waals surface area contributed by atoms with Crippen LogP contribution >= 0.6 is 0 Å². The lowest BCUT2D eigenvalue weighted by Crippen LogP contribution is -2.40. The van der Waals surface area contributed by atoms with Crippen molar-refractivity contribution >= 4 is 17.3 Å². The molecule has 0 aliphatic carbocycles. The molecule has 1 atom stereocenters. The summed E-state index contributed by atoms with van der Waals surface area (Å²) in [4.78, 5) is 16.4. The summed E-state index contributed by atoms with van der Waals surface area (Å²) in [7, 11) is 2.11. The summed E-state index contributed by atoms with van der Waals surface area (Å²) >= 11 is 0. The molecule has 7 nitrogen and oxygen atoms in total. The van der Waals surface area contributed by atoms with Crippen molar-refractivity contribution in [3.63, 3.8) is 0 Å². The SMILES string of the molecule is CN1CCCCC1CNc1ccc([N+](=O)[O-])c(N)n1. The molecule has 7 heteroatoms. The zero-order chi connectivity index (χ0) is 13.8. The smallest absolute Gasteiger partial charge is 0.311 e. The number of nitrogen functional groups attached to an aromatic ring is 1. The van der Waals surface area contributed by atoms with E-state index in [0.717, 1.165) is 19.5 Å². The predicted molar refractivity (Wildman–Crippen MR) is 74.1 cm³/mol. The van der Waals surface area contributed by atoms with Crippen molar-refractivity contribution in [1.29, 1.82) is 0 Å². The number of piperidine rings is 1. The van der Waals surface area contributed by atoms with E-state index >= 15 is 0 Å². The number of rotatable bonds is 4. The molecule has 2 rings (SSSR count). The summed E-state index contributed by atoms with van der Waals surface area (Å²) < 4.78 is 0. The normalized spacial score (nSPS) is 20.2. The average molecular weight is 265 g/mol. The molecule has 1 aromatic heterocycles. The van der Waals surface area contributed by atoms with E-state index < -0.39 is 4.92 Å². The second kappa shape index (κ2) is 5.83. The van der Waals surface area contributed by atoms with E-state index in [1.54, 1.807) is 6.07 Å². The predicted octanol–water partition coefficient (Wildman–Crippen LogP) is 1.47. The fourth-order valence-corrected chi connectivity index (χ4v) is 2.34. The number of nitrogens with one attached hydrogen (secondary N) is 1. The van der Waals surface area contributed by atoms with Crippen LogP contribution in [0, 0.1) is 10.1 Å². The number of anilines is 2. The molecule has 1 fully saturated rings. The Morgan fingerprint density at radius 3 is 3.00 bits per heavy atom. The molecule has 1 aromatic rings. The zero-order valence-electron chi connectivity index (χ0n) is 11.0. The Balaban J connectivity index is 1.96. The first-order valence-electron chi connectivity index (χ1n) is 6.43. The molecule has 1 aliphatic heterocycles. The summed E-state index contributed by atoms with van der Waals surface area (Å²) in [6.45, 7) is 1.89. The molecule has 0 spiro atoms. The van der Waals surface area contributed by atoms with Crippen molar-refractivity contribution in [3.8, 4) is 0 Å². The maximum absolute atomic E-state index is 10.6. The van der Waals surface area contributed by atoms with Gasteiger partial charge < -0.3 is 16.0 Å². The van der Waals surface area contributed by atoms with Gasteiger partial charge in [0.25, 0.3) is 0 Å². The van der Waals surface area contributed by atoms with Gasteiger partial charge in [-0.1, -0.05) is 6.42 Å². The van der Waals surface area contributed by atoms with Crippen LogP contribution in [0.3, 0.4) is 0 Å². The van der Waals surface area contributed by atoms with Crippen molar-refractivity contribution in [3.05, 3.63) is 22.2 Å². The highest BCUT2D eigenvalue weighted by atomic mass is 16.6.